The number of benzene rings is 1. The molecule has 88 valence electrons. The number of carbonyl (C=O) groups excluding carboxylic acids is 1. The first-order valence-electron chi connectivity index (χ1n) is 5.22. The highest BCUT2D eigenvalue weighted by Crippen LogP contribution is 2.12. The lowest BCUT2D eigenvalue weighted by Crippen LogP contribution is -2.36. The first kappa shape index (κ1) is 13.2. The lowest BCUT2D eigenvalue weighted by atomic mass is 10.1. The first-order valence-corrected chi connectivity index (χ1v) is 6.34. The third-order valence-electron chi connectivity index (χ3n) is 2.45. The molecule has 0 heterocycles. The van der Waals surface area contributed by atoms with Crippen LogP contribution in [0.3, 0.4) is 0 Å². The van der Waals surface area contributed by atoms with E-state index in [1.807, 2.05) is 6.92 Å². The molecule has 1 unspecified atom stereocenters. The summed E-state index contributed by atoms with van der Waals surface area (Å²) in [6, 6.07) is 4.86. The smallest absolute Gasteiger partial charge is 0.254 e. The summed E-state index contributed by atoms with van der Waals surface area (Å²) in [4.78, 5) is 11.8. The summed E-state index contributed by atoms with van der Waals surface area (Å²) in [5, 5.41) is 3.44. The van der Waals surface area contributed by atoms with Crippen molar-refractivity contribution < 1.29 is 9.18 Å². The number of alkyl halides is 1. The molecule has 16 heavy (non-hydrogen) atoms. The normalized spacial score (nSPS) is 12.2. The molecule has 1 atom stereocenters. The lowest BCUT2D eigenvalue weighted by molar-refractivity contribution is 0.0936. The van der Waals surface area contributed by atoms with Crippen LogP contribution in [0, 0.1) is 12.7 Å². The molecular formula is C12H15BrFNO. The number of aryl methyl sites for hydroxylation is 1. The average Bonchev–Trinajstić information content (AvgIpc) is 2.29. The van der Waals surface area contributed by atoms with Gasteiger partial charge < -0.3 is 5.32 Å². The summed E-state index contributed by atoms with van der Waals surface area (Å²) in [7, 11) is 0. The molecule has 0 radical (unpaired) electrons. The van der Waals surface area contributed by atoms with Crippen LogP contribution in [0.4, 0.5) is 4.39 Å². The van der Waals surface area contributed by atoms with E-state index in [0.29, 0.717) is 10.9 Å². The van der Waals surface area contributed by atoms with E-state index in [0.717, 1.165) is 6.42 Å². The maximum atomic E-state index is 13.6. The SMILES string of the molecule is CCC(CBr)NC(=O)c1cccc(C)c1F. The van der Waals surface area contributed by atoms with Gasteiger partial charge in [0.15, 0.2) is 0 Å². The van der Waals surface area contributed by atoms with Crippen molar-refractivity contribution in [3.8, 4) is 0 Å². The Labute approximate surface area is 103 Å². The Morgan fingerprint density at radius 1 is 1.56 bits per heavy atom. The van der Waals surface area contributed by atoms with Crippen molar-refractivity contribution in [2.24, 2.45) is 0 Å². The zero-order valence-corrected chi connectivity index (χ0v) is 11.0. The summed E-state index contributed by atoms with van der Waals surface area (Å²) in [5.41, 5.74) is 0.596. The van der Waals surface area contributed by atoms with Crippen LogP contribution in [0.2, 0.25) is 0 Å². The fourth-order valence-electron chi connectivity index (χ4n) is 1.34. The molecule has 0 fully saturated rings. The molecule has 0 aliphatic rings. The molecular weight excluding hydrogens is 273 g/mol. The van der Waals surface area contributed by atoms with Crippen LogP contribution in [0.25, 0.3) is 0 Å². The highest BCUT2D eigenvalue weighted by atomic mass is 79.9. The molecule has 0 aromatic heterocycles. The Kier molecular flexibility index (Phi) is 4.93. The highest BCUT2D eigenvalue weighted by molar-refractivity contribution is 9.09. The number of amides is 1. The molecule has 1 aromatic rings. The van der Waals surface area contributed by atoms with Crippen LogP contribution in [0.15, 0.2) is 18.2 Å². The Hall–Kier alpha value is -0.900. The lowest BCUT2D eigenvalue weighted by Gasteiger charge is -2.14. The van der Waals surface area contributed by atoms with Gasteiger partial charge in [-0.2, -0.15) is 0 Å². The monoisotopic (exact) mass is 287 g/mol. The molecule has 0 saturated heterocycles. The van der Waals surface area contributed by atoms with E-state index in [-0.39, 0.29) is 17.5 Å². The quantitative estimate of drug-likeness (QED) is 0.848. The van der Waals surface area contributed by atoms with Gasteiger partial charge >= 0.3 is 0 Å². The Morgan fingerprint density at radius 2 is 2.25 bits per heavy atom. The van der Waals surface area contributed by atoms with Gasteiger partial charge in [0.1, 0.15) is 5.82 Å². The minimum absolute atomic E-state index is 0.0346. The van der Waals surface area contributed by atoms with Crippen LogP contribution < -0.4 is 5.32 Å². The maximum Gasteiger partial charge on any atom is 0.254 e. The van der Waals surface area contributed by atoms with E-state index in [1.54, 1.807) is 19.1 Å². The van der Waals surface area contributed by atoms with Crippen molar-refractivity contribution in [3.05, 3.63) is 35.1 Å². The minimum Gasteiger partial charge on any atom is -0.348 e. The number of nitrogens with one attached hydrogen (secondary N) is 1. The molecule has 0 bridgehead atoms. The summed E-state index contributed by atoms with van der Waals surface area (Å²) in [6.07, 6.45) is 0.810. The molecule has 1 aromatic carbocycles. The first-order chi connectivity index (χ1) is 7.60. The Bertz CT molecular complexity index is 377. The second kappa shape index (κ2) is 5.99. The van der Waals surface area contributed by atoms with Crippen molar-refractivity contribution in [2.45, 2.75) is 26.3 Å². The number of carbonyl (C=O) groups is 1. The van der Waals surface area contributed by atoms with E-state index in [9.17, 15) is 9.18 Å². The van der Waals surface area contributed by atoms with E-state index >= 15 is 0 Å². The van der Waals surface area contributed by atoms with Crippen molar-refractivity contribution in [1.82, 2.24) is 5.32 Å². The van der Waals surface area contributed by atoms with Gasteiger partial charge in [0, 0.05) is 11.4 Å². The van der Waals surface area contributed by atoms with E-state index in [4.69, 9.17) is 0 Å². The van der Waals surface area contributed by atoms with Gasteiger partial charge in [0.25, 0.3) is 5.91 Å². The fourth-order valence-corrected chi connectivity index (χ4v) is 1.96. The molecule has 0 spiro atoms. The minimum atomic E-state index is -0.440. The van der Waals surface area contributed by atoms with Gasteiger partial charge in [-0.15, -0.1) is 0 Å². The van der Waals surface area contributed by atoms with E-state index in [1.165, 1.54) is 6.07 Å². The molecule has 2 nitrogen and oxygen atoms in total. The molecule has 1 rings (SSSR count). The molecule has 1 N–H and O–H groups in total. The molecule has 0 aliphatic carbocycles. The van der Waals surface area contributed by atoms with Crippen molar-refractivity contribution in [3.63, 3.8) is 0 Å². The molecule has 1 amide bonds. The van der Waals surface area contributed by atoms with Gasteiger partial charge in [0.05, 0.1) is 5.56 Å². The zero-order chi connectivity index (χ0) is 12.1. The van der Waals surface area contributed by atoms with Crippen LogP contribution in [-0.2, 0) is 0 Å². The third-order valence-corrected chi connectivity index (χ3v) is 3.23. The van der Waals surface area contributed by atoms with Gasteiger partial charge in [-0.05, 0) is 25.0 Å². The van der Waals surface area contributed by atoms with Gasteiger partial charge in [0.2, 0.25) is 0 Å². The standard InChI is InChI=1S/C12H15BrFNO/c1-3-9(7-13)15-12(16)10-6-4-5-8(2)11(10)14/h4-6,9H,3,7H2,1-2H3,(H,15,16). The number of rotatable bonds is 4. The summed E-state index contributed by atoms with van der Waals surface area (Å²) >= 11 is 3.30. The van der Waals surface area contributed by atoms with Gasteiger partial charge in [-0.3, -0.25) is 4.79 Å². The largest absolute Gasteiger partial charge is 0.348 e. The summed E-state index contributed by atoms with van der Waals surface area (Å²) < 4.78 is 13.6. The summed E-state index contributed by atoms with van der Waals surface area (Å²) in [5.74, 6) is -0.795. The fraction of sp³-hybridized carbons (Fsp3) is 0.417. The molecule has 0 saturated carbocycles. The van der Waals surface area contributed by atoms with E-state index < -0.39 is 5.82 Å². The predicted octanol–water partition coefficient (Wildman–Crippen LogP) is 3.04. The van der Waals surface area contributed by atoms with Gasteiger partial charge in [-0.1, -0.05) is 35.0 Å². The highest BCUT2D eigenvalue weighted by Gasteiger charge is 2.15. The van der Waals surface area contributed by atoms with Crippen molar-refractivity contribution in [1.29, 1.82) is 0 Å². The molecule has 0 aliphatic heterocycles. The number of hydrogen-bond acceptors (Lipinski definition) is 1. The van der Waals surface area contributed by atoms with Crippen molar-refractivity contribution in [2.75, 3.05) is 5.33 Å². The average molecular weight is 288 g/mol. The number of hydrogen-bond donors (Lipinski definition) is 1. The zero-order valence-electron chi connectivity index (χ0n) is 9.39. The number of halogens is 2. The van der Waals surface area contributed by atoms with Crippen LogP contribution in [0.1, 0.15) is 29.3 Å². The van der Waals surface area contributed by atoms with Crippen LogP contribution in [-0.4, -0.2) is 17.3 Å². The van der Waals surface area contributed by atoms with E-state index in [2.05, 4.69) is 21.2 Å². The topological polar surface area (TPSA) is 29.1 Å². The second-order valence-corrected chi connectivity index (χ2v) is 4.32. The Balaban J connectivity index is 2.84. The summed E-state index contributed by atoms with van der Waals surface area (Å²) in [6.45, 7) is 3.62. The predicted molar refractivity (Wildman–Crippen MR) is 66.5 cm³/mol. The van der Waals surface area contributed by atoms with Crippen LogP contribution in [0.5, 0.6) is 0 Å². The van der Waals surface area contributed by atoms with Gasteiger partial charge in [-0.25, -0.2) is 4.39 Å². The Morgan fingerprint density at radius 3 is 2.81 bits per heavy atom. The third kappa shape index (κ3) is 3.04. The van der Waals surface area contributed by atoms with Crippen LogP contribution >= 0.6 is 15.9 Å². The molecule has 4 heteroatoms. The maximum absolute atomic E-state index is 13.6. The van der Waals surface area contributed by atoms with Crippen molar-refractivity contribution >= 4 is 21.8 Å². The second-order valence-electron chi connectivity index (χ2n) is 3.67.